The van der Waals surface area contributed by atoms with Crippen LogP contribution in [-0.2, 0) is 34.4 Å². The van der Waals surface area contributed by atoms with E-state index in [0.717, 1.165) is 33.5 Å². The van der Waals surface area contributed by atoms with Gasteiger partial charge in [0.05, 0.1) is 25.3 Å². The number of nitrogens with zero attached hydrogens (tertiary/aromatic N) is 3. The van der Waals surface area contributed by atoms with Gasteiger partial charge in [-0.25, -0.2) is 24.9 Å². The Kier molecular flexibility index (Phi) is 9.06. The number of rotatable bonds is 8. The number of esters is 2. The SMILES string of the molecule is COC(=O)c1ccccc1S(=O)(=O)NC(Nc1nc(C)cc(C)n1)=[N+](OC)S(=O)(=O)c1ccccc1C(=O)OC. The topological polar surface area (TPSA) is 183 Å². The van der Waals surface area contributed by atoms with Crippen LogP contribution in [0, 0.1) is 13.8 Å². The highest BCUT2D eigenvalue weighted by molar-refractivity contribution is 7.90. The van der Waals surface area contributed by atoms with E-state index in [4.69, 9.17) is 9.57 Å². The van der Waals surface area contributed by atoms with Gasteiger partial charge in [-0.3, -0.25) is 0 Å². The van der Waals surface area contributed by atoms with Gasteiger partial charge in [0, 0.05) is 15.5 Å². The Morgan fingerprint density at radius 1 is 0.775 bits per heavy atom. The minimum Gasteiger partial charge on any atom is -0.465 e. The molecule has 0 fully saturated rings. The molecule has 0 unspecified atom stereocenters. The molecule has 2 N–H and O–H groups in total. The van der Waals surface area contributed by atoms with Crippen LogP contribution in [0.1, 0.15) is 32.1 Å². The van der Waals surface area contributed by atoms with E-state index in [9.17, 15) is 26.4 Å². The van der Waals surface area contributed by atoms with Crippen molar-refractivity contribution in [2.24, 2.45) is 0 Å². The number of benzene rings is 2. The number of hydrogen-bond donors (Lipinski definition) is 2. The molecule has 1 aromatic heterocycles. The molecule has 1 heterocycles. The van der Waals surface area contributed by atoms with E-state index in [1.54, 1.807) is 19.9 Å². The number of ether oxygens (including phenoxy) is 2. The van der Waals surface area contributed by atoms with E-state index in [1.165, 1.54) is 36.4 Å². The second-order valence-electron chi connectivity index (χ2n) is 7.94. The van der Waals surface area contributed by atoms with Crippen LogP contribution in [-0.4, -0.2) is 70.2 Å². The molecule has 0 aliphatic carbocycles. The second-order valence-corrected chi connectivity index (χ2v) is 11.3. The van der Waals surface area contributed by atoms with Crippen LogP contribution in [0.3, 0.4) is 0 Å². The second kappa shape index (κ2) is 12.1. The molecular weight excluding hydrogens is 566 g/mol. The van der Waals surface area contributed by atoms with Crippen LogP contribution >= 0.6 is 0 Å². The summed E-state index contributed by atoms with van der Waals surface area (Å²) in [4.78, 5) is 37.0. The van der Waals surface area contributed by atoms with Crippen molar-refractivity contribution in [2.45, 2.75) is 23.6 Å². The molecule has 0 bridgehead atoms. The van der Waals surface area contributed by atoms with Gasteiger partial charge in [-0.2, -0.15) is 21.6 Å². The minimum absolute atomic E-state index is 0.185. The van der Waals surface area contributed by atoms with Crippen LogP contribution in [0.4, 0.5) is 5.95 Å². The van der Waals surface area contributed by atoms with Gasteiger partial charge in [-0.15, -0.1) is 0 Å². The van der Waals surface area contributed by atoms with Gasteiger partial charge in [-0.1, -0.05) is 24.3 Å². The van der Waals surface area contributed by atoms with E-state index in [2.05, 4.69) is 24.7 Å². The molecule has 0 saturated carbocycles. The molecule has 0 radical (unpaired) electrons. The number of aromatic nitrogens is 2. The third-order valence-corrected chi connectivity index (χ3v) is 8.24. The molecular formula is C24H26N5O9S2+. The molecule has 2 aromatic carbocycles. The Bertz CT molecular complexity index is 1680. The van der Waals surface area contributed by atoms with Crippen LogP contribution in [0.2, 0.25) is 0 Å². The number of guanidine groups is 1. The highest BCUT2D eigenvalue weighted by Gasteiger charge is 2.37. The quantitative estimate of drug-likeness (QED) is 0.126. The van der Waals surface area contributed by atoms with Crippen molar-refractivity contribution in [3.63, 3.8) is 0 Å². The Hall–Kier alpha value is -4.57. The van der Waals surface area contributed by atoms with Gasteiger partial charge >= 0.3 is 37.9 Å². The monoisotopic (exact) mass is 592 g/mol. The molecule has 14 nitrogen and oxygen atoms in total. The van der Waals surface area contributed by atoms with Crippen molar-refractivity contribution in [3.8, 4) is 0 Å². The summed E-state index contributed by atoms with van der Waals surface area (Å²) in [6.45, 7) is 3.29. The van der Waals surface area contributed by atoms with Crippen LogP contribution in [0.25, 0.3) is 0 Å². The number of hydrogen-bond acceptors (Lipinski definition) is 11. The fraction of sp³-hybridized carbons (Fsp3) is 0.208. The number of carbonyl (C=O) groups is 2. The predicted molar refractivity (Wildman–Crippen MR) is 140 cm³/mol. The van der Waals surface area contributed by atoms with Gasteiger partial charge in [-0.05, 0) is 44.2 Å². The normalized spacial score (nSPS) is 12.1. The van der Waals surface area contributed by atoms with Crippen LogP contribution < -0.4 is 10.0 Å². The molecule has 3 rings (SSSR count). The fourth-order valence-electron chi connectivity index (χ4n) is 3.53. The van der Waals surface area contributed by atoms with Gasteiger partial charge in [0.15, 0.2) is 0 Å². The Labute approximate surface area is 230 Å². The van der Waals surface area contributed by atoms with Gasteiger partial charge in [0.2, 0.25) is 0 Å². The standard InChI is InChI=1S/C24H25N5O9S2/c1-15-14-16(2)26-23(25-15)27-24(28-39(32,33)19-12-8-6-10-17(19)21(30)36-3)29(38-5)40(34,35)20-13-9-7-11-18(20)22(31)37-4/h6-14H,1-5H3,(H,25,26,27,28)/p+1. The fourth-order valence-corrected chi connectivity index (χ4v) is 6.17. The highest BCUT2D eigenvalue weighted by Crippen LogP contribution is 2.21. The third-order valence-electron chi connectivity index (χ3n) is 5.16. The van der Waals surface area contributed by atoms with Crippen LogP contribution in [0.15, 0.2) is 64.4 Å². The zero-order valence-electron chi connectivity index (χ0n) is 22.0. The lowest BCUT2D eigenvalue weighted by Crippen LogP contribution is -2.45. The van der Waals surface area contributed by atoms with Crippen molar-refractivity contribution in [1.82, 2.24) is 14.7 Å². The summed E-state index contributed by atoms with van der Waals surface area (Å²) in [7, 11) is -6.42. The lowest BCUT2D eigenvalue weighted by molar-refractivity contribution is -0.667. The molecule has 212 valence electrons. The first-order chi connectivity index (χ1) is 18.8. The molecule has 16 heteroatoms. The van der Waals surface area contributed by atoms with Crippen molar-refractivity contribution in [2.75, 3.05) is 26.6 Å². The van der Waals surface area contributed by atoms with E-state index in [-0.39, 0.29) is 21.2 Å². The average molecular weight is 593 g/mol. The van der Waals surface area contributed by atoms with Crippen molar-refractivity contribution in [1.29, 1.82) is 0 Å². The largest absolute Gasteiger partial charge is 0.465 e. The number of carbonyl (C=O) groups excluding carboxylic acids is 2. The molecule has 0 aliphatic heterocycles. The molecule has 0 aliphatic rings. The first-order valence-electron chi connectivity index (χ1n) is 11.3. The van der Waals surface area contributed by atoms with Crippen molar-refractivity contribution in [3.05, 3.63) is 77.1 Å². The maximum Gasteiger partial charge on any atom is 0.421 e. The van der Waals surface area contributed by atoms with Crippen molar-refractivity contribution < 1.29 is 44.9 Å². The molecule has 40 heavy (non-hydrogen) atoms. The number of methoxy groups -OCH3 is 2. The zero-order chi connectivity index (χ0) is 29.7. The predicted octanol–water partition coefficient (Wildman–Crippen LogP) is 1.38. The van der Waals surface area contributed by atoms with E-state index in [1.807, 2.05) is 0 Å². The molecule has 0 amide bonds. The van der Waals surface area contributed by atoms with E-state index in [0.29, 0.717) is 11.4 Å². The first kappa shape index (κ1) is 30.0. The Morgan fingerprint density at radius 2 is 1.25 bits per heavy atom. The first-order valence-corrected chi connectivity index (χ1v) is 14.2. The summed E-state index contributed by atoms with van der Waals surface area (Å²) >= 11 is 0. The smallest absolute Gasteiger partial charge is 0.421 e. The van der Waals surface area contributed by atoms with Gasteiger partial charge in [0.25, 0.3) is 5.95 Å². The molecule has 3 aromatic rings. The minimum atomic E-state index is -4.83. The summed E-state index contributed by atoms with van der Waals surface area (Å²) in [5, 5.41) is 2.53. The van der Waals surface area contributed by atoms with E-state index >= 15 is 0 Å². The average Bonchev–Trinajstić information content (AvgIpc) is 2.91. The maximum atomic E-state index is 13.8. The maximum absolute atomic E-state index is 13.8. The number of anilines is 1. The zero-order valence-corrected chi connectivity index (χ0v) is 23.7. The summed E-state index contributed by atoms with van der Waals surface area (Å²) in [5.41, 5.74) is 0.308. The van der Waals surface area contributed by atoms with Gasteiger partial charge < -0.3 is 14.3 Å². The summed E-state index contributed by atoms with van der Waals surface area (Å²) in [5.74, 6) is -2.90. The molecule has 0 atom stereocenters. The molecule has 0 spiro atoms. The van der Waals surface area contributed by atoms with Crippen molar-refractivity contribution >= 4 is 43.9 Å². The third kappa shape index (κ3) is 6.35. The highest BCUT2D eigenvalue weighted by atomic mass is 32.2. The van der Waals surface area contributed by atoms with Gasteiger partial charge in [0.1, 0.15) is 16.9 Å². The lowest BCUT2D eigenvalue weighted by atomic mass is 10.2. The number of aryl methyl sites for hydroxylation is 2. The summed E-state index contributed by atoms with van der Waals surface area (Å²) in [6, 6.07) is 11.9. The molecule has 0 saturated heterocycles. The Balaban J connectivity index is 2.30. The number of nitrogens with one attached hydrogen (secondary N) is 2. The number of sulfonamides is 2. The Morgan fingerprint density at radius 3 is 1.75 bits per heavy atom. The lowest BCUT2D eigenvalue weighted by Gasteiger charge is -2.14. The van der Waals surface area contributed by atoms with Crippen LogP contribution in [0.5, 0.6) is 0 Å². The van der Waals surface area contributed by atoms with E-state index < -0.39 is 47.7 Å². The summed E-state index contributed by atoms with van der Waals surface area (Å²) < 4.78 is 66.3. The summed E-state index contributed by atoms with van der Waals surface area (Å²) in [6.07, 6.45) is 0.